The molecule has 0 aliphatic rings. The molecule has 0 atom stereocenters. The second kappa shape index (κ2) is 4.76. The number of halogens is 4. The van der Waals surface area contributed by atoms with E-state index in [9.17, 15) is 17.6 Å². The molecule has 0 aliphatic carbocycles. The lowest BCUT2D eigenvalue weighted by Crippen LogP contribution is -2.08. The molecular formula is C7H6F4N2O2. The maximum absolute atomic E-state index is 11.8. The van der Waals surface area contributed by atoms with Crippen LogP contribution in [-0.4, -0.2) is 23.2 Å². The van der Waals surface area contributed by atoms with Gasteiger partial charge < -0.3 is 9.47 Å². The van der Waals surface area contributed by atoms with E-state index in [0.29, 0.717) is 0 Å². The third kappa shape index (κ3) is 3.96. The van der Waals surface area contributed by atoms with E-state index in [1.807, 2.05) is 0 Å². The lowest BCUT2D eigenvalue weighted by atomic mass is 10.5. The summed E-state index contributed by atoms with van der Waals surface area (Å²) in [6.45, 7) is -4.84. The fourth-order valence-corrected chi connectivity index (χ4v) is 0.817. The first-order valence-electron chi connectivity index (χ1n) is 3.72. The maximum Gasteiger partial charge on any atom is 0.388 e. The van der Waals surface area contributed by atoms with Crippen molar-refractivity contribution in [2.75, 3.05) is 0 Å². The standard InChI is InChI=1S/C7H6F4N2O2/c1-3-12-4(14-6(8)9)2-5(13-3)15-7(10)11/h2,6-7H,1H3. The molecule has 15 heavy (non-hydrogen) atoms. The Balaban J connectivity index is 2.84. The minimum absolute atomic E-state index is 0.0104. The minimum atomic E-state index is -3.08. The summed E-state index contributed by atoms with van der Waals surface area (Å²) in [4.78, 5) is 6.89. The van der Waals surface area contributed by atoms with Crippen LogP contribution in [0.25, 0.3) is 0 Å². The molecule has 0 unspecified atom stereocenters. The highest BCUT2D eigenvalue weighted by molar-refractivity contribution is 5.20. The number of hydrogen-bond acceptors (Lipinski definition) is 4. The Hall–Kier alpha value is -1.60. The van der Waals surface area contributed by atoms with E-state index in [2.05, 4.69) is 19.4 Å². The summed E-state index contributed by atoms with van der Waals surface area (Å²) >= 11 is 0. The van der Waals surface area contributed by atoms with Crippen LogP contribution in [-0.2, 0) is 0 Å². The summed E-state index contributed by atoms with van der Waals surface area (Å²) in [7, 11) is 0. The van der Waals surface area contributed by atoms with E-state index in [1.54, 1.807) is 0 Å². The molecule has 0 fully saturated rings. The highest BCUT2D eigenvalue weighted by Crippen LogP contribution is 2.18. The molecule has 84 valence electrons. The molecule has 0 aliphatic heterocycles. The van der Waals surface area contributed by atoms with Crippen molar-refractivity contribution >= 4 is 0 Å². The van der Waals surface area contributed by atoms with Gasteiger partial charge in [-0.15, -0.1) is 0 Å². The molecule has 4 nitrogen and oxygen atoms in total. The van der Waals surface area contributed by atoms with Crippen LogP contribution in [0.4, 0.5) is 17.6 Å². The van der Waals surface area contributed by atoms with Gasteiger partial charge in [-0.2, -0.15) is 27.5 Å². The van der Waals surface area contributed by atoms with Crippen molar-refractivity contribution in [2.45, 2.75) is 20.1 Å². The van der Waals surface area contributed by atoms with Gasteiger partial charge in [0.15, 0.2) is 0 Å². The van der Waals surface area contributed by atoms with Crippen LogP contribution < -0.4 is 9.47 Å². The lowest BCUT2D eigenvalue weighted by molar-refractivity contribution is -0.0583. The molecule has 0 radical (unpaired) electrons. The summed E-state index contributed by atoms with van der Waals surface area (Å²) in [5, 5.41) is 0. The second-order valence-electron chi connectivity index (χ2n) is 2.35. The van der Waals surface area contributed by atoms with Gasteiger partial charge >= 0.3 is 13.2 Å². The van der Waals surface area contributed by atoms with Crippen LogP contribution in [0.5, 0.6) is 11.8 Å². The van der Waals surface area contributed by atoms with Gasteiger partial charge in [0.05, 0.1) is 6.07 Å². The van der Waals surface area contributed by atoms with Crippen molar-refractivity contribution < 1.29 is 27.0 Å². The molecule has 0 saturated carbocycles. The number of alkyl halides is 4. The zero-order valence-corrected chi connectivity index (χ0v) is 7.45. The Bertz CT molecular complexity index is 307. The molecule has 0 N–H and O–H groups in total. The van der Waals surface area contributed by atoms with Gasteiger partial charge in [-0.05, 0) is 6.92 Å². The highest BCUT2D eigenvalue weighted by Gasteiger charge is 2.11. The average Bonchev–Trinajstić information content (AvgIpc) is 1.98. The Morgan fingerprint density at radius 3 is 1.73 bits per heavy atom. The van der Waals surface area contributed by atoms with E-state index in [-0.39, 0.29) is 5.82 Å². The van der Waals surface area contributed by atoms with Gasteiger partial charge in [0.1, 0.15) is 5.82 Å². The fourth-order valence-electron chi connectivity index (χ4n) is 0.817. The molecule has 1 rings (SSSR count). The average molecular weight is 226 g/mol. The summed E-state index contributed by atoms with van der Waals surface area (Å²) < 4.78 is 54.9. The van der Waals surface area contributed by atoms with Crippen LogP contribution >= 0.6 is 0 Å². The van der Waals surface area contributed by atoms with Gasteiger partial charge in [-0.1, -0.05) is 0 Å². The fraction of sp³-hybridized carbons (Fsp3) is 0.429. The number of rotatable bonds is 4. The zero-order chi connectivity index (χ0) is 11.4. The SMILES string of the molecule is Cc1nc(OC(F)F)cc(OC(F)F)n1. The van der Waals surface area contributed by atoms with Gasteiger partial charge in [0.25, 0.3) is 0 Å². The smallest absolute Gasteiger partial charge is 0.388 e. The van der Waals surface area contributed by atoms with Crippen molar-refractivity contribution in [3.8, 4) is 11.8 Å². The summed E-state index contributed by atoms with van der Waals surface area (Å²) in [6.07, 6.45) is 0. The van der Waals surface area contributed by atoms with E-state index in [1.165, 1.54) is 6.92 Å². The van der Waals surface area contributed by atoms with Crippen molar-refractivity contribution in [3.63, 3.8) is 0 Å². The van der Waals surface area contributed by atoms with Crippen LogP contribution in [0, 0.1) is 6.92 Å². The number of aryl methyl sites for hydroxylation is 1. The Kier molecular flexibility index (Phi) is 3.64. The van der Waals surface area contributed by atoms with Crippen LogP contribution in [0.3, 0.4) is 0 Å². The first kappa shape index (κ1) is 11.5. The topological polar surface area (TPSA) is 44.2 Å². The largest absolute Gasteiger partial charge is 0.417 e. The lowest BCUT2D eigenvalue weighted by Gasteiger charge is -2.07. The zero-order valence-electron chi connectivity index (χ0n) is 7.45. The van der Waals surface area contributed by atoms with Gasteiger partial charge in [-0.25, -0.2) is 0 Å². The third-order valence-corrected chi connectivity index (χ3v) is 1.21. The summed E-state index contributed by atoms with van der Waals surface area (Å²) in [5.74, 6) is -1.05. The first-order chi connectivity index (χ1) is 6.97. The van der Waals surface area contributed by atoms with Gasteiger partial charge in [0.2, 0.25) is 11.8 Å². The van der Waals surface area contributed by atoms with Gasteiger partial charge in [-0.3, -0.25) is 0 Å². The predicted molar refractivity (Wildman–Crippen MR) is 40.0 cm³/mol. The molecule has 0 aromatic carbocycles. The number of aromatic nitrogens is 2. The van der Waals surface area contributed by atoms with E-state index in [0.717, 1.165) is 6.07 Å². The van der Waals surface area contributed by atoms with Crippen molar-refractivity contribution in [1.29, 1.82) is 0 Å². The van der Waals surface area contributed by atoms with E-state index in [4.69, 9.17) is 0 Å². The molecule has 0 spiro atoms. The molecule has 8 heteroatoms. The maximum atomic E-state index is 11.8. The van der Waals surface area contributed by atoms with Crippen molar-refractivity contribution in [2.24, 2.45) is 0 Å². The predicted octanol–water partition coefficient (Wildman–Crippen LogP) is 1.99. The number of nitrogens with zero attached hydrogens (tertiary/aromatic N) is 2. The first-order valence-corrected chi connectivity index (χ1v) is 3.72. The highest BCUT2D eigenvalue weighted by atomic mass is 19.3. The molecule has 0 amide bonds. The Morgan fingerprint density at radius 2 is 1.40 bits per heavy atom. The molecular weight excluding hydrogens is 220 g/mol. The summed E-state index contributed by atoms with van der Waals surface area (Å²) in [5.41, 5.74) is 0. The molecule has 1 aromatic rings. The Morgan fingerprint density at radius 1 is 1.00 bits per heavy atom. The quantitative estimate of drug-likeness (QED) is 0.736. The minimum Gasteiger partial charge on any atom is -0.417 e. The second-order valence-corrected chi connectivity index (χ2v) is 2.35. The van der Waals surface area contributed by atoms with E-state index >= 15 is 0 Å². The molecule has 1 aromatic heterocycles. The van der Waals surface area contributed by atoms with Crippen LogP contribution in [0.2, 0.25) is 0 Å². The van der Waals surface area contributed by atoms with Crippen molar-refractivity contribution in [3.05, 3.63) is 11.9 Å². The van der Waals surface area contributed by atoms with Gasteiger partial charge in [0, 0.05) is 0 Å². The van der Waals surface area contributed by atoms with Crippen molar-refractivity contribution in [1.82, 2.24) is 9.97 Å². The van der Waals surface area contributed by atoms with E-state index < -0.39 is 25.0 Å². The molecule has 1 heterocycles. The molecule has 0 bridgehead atoms. The summed E-state index contributed by atoms with van der Waals surface area (Å²) in [6, 6.07) is 0.755. The van der Waals surface area contributed by atoms with Crippen LogP contribution in [0.1, 0.15) is 5.82 Å². The molecule has 0 saturated heterocycles. The number of ether oxygens (including phenoxy) is 2. The normalized spacial score (nSPS) is 10.9. The monoisotopic (exact) mass is 226 g/mol. The van der Waals surface area contributed by atoms with Crippen LogP contribution in [0.15, 0.2) is 6.07 Å². The Labute approximate surface area is 81.9 Å². The number of hydrogen-bond donors (Lipinski definition) is 0. The third-order valence-electron chi connectivity index (χ3n) is 1.21.